The van der Waals surface area contributed by atoms with Crippen molar-refractivity contribution in [3.63, 3.8) is 0 Å². The first kappa shape index (κ1) is 14.3. The number of rotatable bonds is 4. The number of ether oxygens (including phenoxy) is 1. The third-order valence-electron chi connectivity index (χ3n) is 2.18. The smallest absolute Gasteiger partial charge is 0.393 e. The summed E-state index contributed by atoms with van der Waals surface area (Å²) >= 11 is 0. The Labute approximate surface area is 99.4 Å². The van der Waals surface area contributed by atoms with Crippen molar-refractivity contribution in [3.05, 3.63) is 27.0 Å². The molecular weight excluding hydrogens is 255 g/mol. The molecule has 0 spiro atoms. The summed E-state index contributed by atoms with van der Waals surface area (Å²) in [5.74, 6) is 0. The maximum Gasteiger partial charge on any atom is 0.522 e. The second-order valence-electron chi connectivity index (χ2n) is 3.40. The SMILES string of the molecule is CCn1cc(N)c(=O)n(CCOC(F)(F)F)c1=O. The molecule has 1 rings (SSSR count). The van der Waals surface area contributed by atoms with Crippen LogP contribution in [0.3, 0.4) is 0 Å². The van der Waals surface area contributed by atoms with Crippen molar-refractivity contribution in [1.29, 1.82) is 0 Å². The number of halogens is 3. The van der Waals surface area contributed by atoms with Crippen LogP contribution in [0.4, 0.5) is 18.9 Å². The van der Waals surface area contributed by atoms with E-state index < -0.39 is 30.8 Å². The molecule has 6 nitrogen and oxygen atoms in total. The van der Waals surface area contributed by atoms with Crippen LogP contribution in [0.2, 0.25) is 0 Å². The third kappa shape index (κ3) is 3.36. The fraction of sp³-hybridized carbons (Fsp3) is 0.556. The Bertz CT molecular complexity index is 533. The van der Waals surface area contributed by atoms with E-state index in [4.69, 9.17) is 5.73 Å². The van der Waals surface area contributed by atoms with Gasteiger partial charge in [0.15, 0.2) is 0 Å². The van der Waals surface area contributed by atoms with E-state index in [1.807, 2.05) is 0 Å². The van der Waals surface area contributed by atoms with Crippen LogP contribution in [-0.2, 0) is 17.8 Å². The molecule has 0 aliphatic heterocycles. The quantitative estimate of drug-likeness (QED) is 0.842. The maximum atomic E-state index is 11.8. The van der Waals surface area contributed by atoms with Crippen molar-refractivity contribution in [2.45, 2.75) is 26.4 Å². The van der Waals surface area contributed by atoms with Crippen LogP contribution in [0.1, 0.15) is 6.92 Å². The number of aryl methyl sites for hydroxylation is 1. The molecule has 0 unspecified atom stereocenters. The van der Waals surface area contributed by atoms with Gasteiger partial charge in [-0.05, 0) is 6.92 Å². The zero-order valence-corrected chi connectivity index (χ0v) is 9.53. The number of nitrogens with two attached hydrogens (primary N) is 1. The first-order valence-corrected chi connectivity index (χ1v) is 5.06. The summed E-state index contributed by atoms with van der Waals surface area (Å²) in [5, 5.41) is 0. The molecule has 1 heterocycles. The van der Waals surface area contributed by atoms with Gasteiger partial charge in [0, 0.05) is 12.7 Å². The molecule has 2 N–H and O–H groups in total. The molecule has 0 amide bonds. The average molecular weight is 267 g/mol. The highest BCUT2D eigenvalue weighted by atomic mass is 19.4. The van der Waals surface area contributed by atoms with Crippen molar-refractivity contribution in [3.8, 4) is 0 Å². The molecular formula is C9H12F3N3O3. The minimum absolute atomic E-state index is 0.205. The van der Waals surface area contributed by atoms with E-state index in [0.717, 1.165) is 10.8 Å². The van der Waals surface area contributed by atoms with E-state index in [2.05, 4.69) is 4.74 Å². The van der Waals surface area contributed by atoms with Crippen LogP contribution in [-0.4, -0.2) is 22.1 Å². The lowest BCUT2D eigenvalue weighted by molar-refractivity contribution is -0.325. The normalized spacial score (nSPS) is 11.8. The molecule has 0 aliphatic carbocycles. The highest BCUT2D eigenvalue weighted by molar-refractivity contribution is 5.30. The van der Waals surface area contributed by atoms with Crippen LogP contribution in [0.25, 0.3) is 0 Å². The van der Waals surface area contributed by atoms with E-state index in [9.17, 15) is 22.8 Å². The monoisotopic (exact) mass is 267 g/mol. The minimum Gasteiger partial charge on any atom is -0.393 e. The molecule has 0 radical (unpaired) electrons. The van der Waals surface area contributed by atoms with E-state index in [-0.39, 0.29) is 12.2 Å². The number of anilines is 1. The second-order valence-corrected chi connectivity index (χ2v) is 3.40. The Morgan fingerprint density at radius 1 is 1.39 bits per heavy atom. The van der Waals surface area contributed by atoms with Crippen molar-refractivity contribution >= 4 is 5.69 Å². The lowest BCUT2D eigenvalue weighted by Crippen LogP contribution is -2.41. The molecule has 1 aromatic rings. The third-order valence-corrected chi connectivity index (χ3v) is 2.18. The molecule has 0 aromatic carbocycles. The van der Waals surface area contributed by atoms with Crippen LogP contribution in [0, 0.1) is 0 Å². The van der Waals surface area contributed by atoms with E-state index >= 15 is 0 Å². The number of aromatic nitrogens is 2. The summed E-state index contributed by atoms with van der Waals surface area (Å²) in [6, 6.07) is 0. The lowest BCUT2D eigenvalue weighted by atomic mass is 10.5. The van der Waals surface area contributed by atoms with E-state index in [0.29, 0.717) is 4.57 Å². The van der Waals surface area contributed by atoms with Gasteiger partial charge in [0.05, 0.1) is 13.2 Å². The highest BCUT2D eigenvalue weighted by Gasteiger charge is 2.28. The van der Waals surface area contributed by atoms with Crippen LogP contribution < -0.4 is 17.0 Å². The van der Waals surface area contributed by atoms with Crippen LogP contribution in [0.15, 0.2) is 15.8 Å². The van der Waals surface area contributed by atoms with Gasteiger partial charge in [0.25, 0.3) is 5.56 Å². The molecule has 1 aromatic heterocycles. The Balaban J connectivity index is 2.99. The Hall–Kier alpha value is -1.77. The first-order chi connectivity index (χ1) is 8.26. The Morgan fingerprint density at radius 3 is 2.50 bits per heavy atom. The molecule has 102 valence electrons. The largest absolute Gasteiger partial charge is 0.522 e. The Morgan fingerprint density at radius 2 is 2.00 bits per heavy atom. The second kappa shape index (κ2) is 5.25. The lowest BCUT2D eigenvalue weighted by Gasteiger charge is -2.11. The molecule has 0 aliphatic rings. The number of hydrogen-bond acceptors (Lipinski definition) is 4. The van der Waals surface area contributed by atoms with Crippen LogP contribution in [0.5, 0.6) is 0 Å². The molecule has 0 saturated carbocycles. The maximum absolute atomic E-state index is 11.8. The molecule has 0 saturated heterocycles. The minimum atomic E-state index is -4.80. The zero-order valence-electron chi connectivity index (χ0n) is 9.53. The van der Waals surface area contributed by atoms with E-state index in [1.165, 1.54) is 0 Å². The summed E-state index contributed by atoms with van der Waals surface area (Å²) in [6.45, 7) is 0.555. The van der Waals surface area contributed by atoms with Crippen molar-refractivity contribution in [2.24, 2.45) is 0 Å². The average Bonchev–Trinajstić information content (AvgIpc) is 2.26. The fourth-order valence-electron chi connectivity index (χ4n) is 1.35. The van der Waals surface area contributed by atoms with Gasteiger partial charge in [-0.3, -0.25) is 18.7 Å². The summed E-state index contributed by atoms with van der Waals surface area (Å²) in [5.41, 5.74) is 3.62. The van der Waals surface area contributed by atoms with Crippen molar-refractivity contribution < 1.29 is 17.9 Å². The number of hydrogen-bond donors (Lipinski definition) is 1. The van der Waals surface area contributed by atoms with Gasteiger partial charge in [-0.25, -0.2) is 4.79 Å². The summed E-state index contributed by atoms with van der Waals surface area (Å²) in [4.78, 5) is 23.2. The molecule has 0 fully saturated rings. The number of nitrogen functional groups attached to an aromatic ring is 1. The number of nitrogens with zero attached hydrogens (tertiary/aromatic N) is 2. The van der Waals surface area contributed by atoms with Crippen LogP contribution >= 0.6 is 0 Å². The fourth-order valence-corrected chi connectivity index (χ4v) is 1.35. The van der Waals surface area contributed by atoms with Gasteiger partial charge in [0.2, 0.25) is 0 Å². The Kier molecular flexibility index (Phi) is 4.17. The molecule has 18 heavy (non-hydrogen) atoms. The summed E-state index contributed by atoms with van der Waals surface area (Å²) in [6.07, 6.45) is -3.64. The van der Waals surface area contributed by atoms with Gasteiger partial charge < -0.3 is 5.73 Å². The van der Waals surface area contributed by atoms with Gasteiger partial charge in [-0.1, -0.05) is 0 Å². The molecule has 0 bridgehead atoms. The molecule has 0 atom stereocenters. The standard InChI is InChI=1S/C9H12F3N3O3/c1-2-14-5-6(13)7(16)15(8(14)17)3-4-18-9(10,11)12/h5H,2-4,13H2,1H3. The summed E-state index contributed by atoms with van der Waals surface area (Å²) in [7, 11) is 0. The van der Waals surface area contributed by atoms with Gasteiger partial charge >= 0.3 is 12.1 Å². The highest BCUT2D eigenvalue weighted by Crippen LogP contribution is 2.15. The van der Waals surface area contributed by atoms with E-state index in [1.54, 1.807) is 6.92 Å². The summed E-state index contributed by atoms with van der Waals surface area (Å²) < 4.78 is 40.6. The van der Waals surface area contributed by atoms with Gasteiger partial charge in [-0.15, -0.1) is 13.2 Å². The van der Waals surface area contributed by atoms with Gasteiger partial charge in [0.1, 0.15) is 5.69 Å². The predicted molar refractivity (Wildman–Crippen MR) is 57.1 cm³/mol. The first-order valence-electron chi connectivity index (χ1n) is 5.06. The van der Waals surface area contributed by atoms with Crippen molar-refractivity contribution in [1.82, 2.24) is 9.13 Å². The number of alkyl halides is 3. The zero-order chi connectivity index (χ0) is 13.9. The van der Waals surface area contributed by atoms with Crippen molar-refractivity contribution in [2.75, 3.05) is 12.3 Å². The topological polar surface area (TPSA) is 79.2 Å². The predicted octanol–water partition coefficient (Wildman–Crippen LogP) is 0.148. The van der Waals surface area contributed by atoms with Gasteiger partial charge in [-0.2, -0.15) is 0 Å². The molecule has 9 heteroatoms.